The molecule has 1 N–H and O–H groups in total. The molecule has 0 fully saturated rings. The summed E-state index contributed by atoms with van der Waals surface area (Å²) in [4.78, 5) is 15.7. The summed E-state index contributed by atoms with van der Waals surface area (Å²) in [6.45, 7) is 5.68. The average Bonchev–Trinajstić information content (AvgIpc) is 2.83. The minimum atomic E-state index is -1.12. The highest BCUT2D eigenvalue weighted by Crippen LogP contribution is 2.33. The molecule has 0 atom stereocenters. The number of nitrogens with zero attached hydrogens (tertiary/aromatic N) is 1. The lowest BCUT2D eigenvalue weighted by atomic mass is 9.91. The number of rotatable bonds is 3. The molecule has 1 aromatic heterocycles. The fraction of sp³-hybridized carbons (Fsp3) is 0.333. The fourth-order valence-electron chi connectivity index (χ4n) is 1.90. The molecule has 0 saturated heterocycles. The summed E-state index contributed by atoms with van der Waals surface area (Å²) < 4.78 is 11.4. The molecule has 112 valence electrons. The number of carboxylic acid groups (broad SMARTS) is 1. The Labute approximate surface area is 131 Å². The van der Waals surface area contributed by atoms with Crippen LogP contribution in [0.5, 0.6) is 5.75 Å². The van der Waals surface area contributed by atoms with E-state index in [2.05, 4.69) is 20.9 Å². The van der Waals surface area contributed by atoms with E-state index in [0.717, 1.165) is 4.47 Å². The number of aromatic nitrogens is 1. The topological polar surface area (TPSA) is 72.6 Å². The number of methoxy groups -OCH3 is 1. The normalized spacial score (nSPS) is 11.5. The Hall–Kier alpha value is -1.82. The Bertz CT molecular complexity index is 685. The number of carboxylic acids is 1. The molecular weight excluding hydrogens is 338 g/mol. The second kappa shape index (κ2) is 5.52. The van der Waals surface area contributed by atoms with Crippen LogP contribution in [0.2, 0.25) is 0 Å². The zero-order chi connectivity index (χ0) is 15.8. The van der Waals surface area contributed by atoms with Gasteiger partial charge in [-0.2, -0.15) is 0 Å². The second-order valence-corrected chi connectivity index (χ2v) is 6.46. The molecule has 1 aromatic carbocycles. The summed E-state index contributed by atoms with van der Waals surface area (Å²) in [5.41, 5.74) is 0.691. The molecular formula is C15H16BrNO4. The van der Waals surface area contributed by atoms with Gasteiger partial charge in [0.2, 0.25) is 11.7 Å². The number of oxazole rings is 1. The quantitative estimate of drug-likeness (QED) is 0.898. The summed E-state index contributed by atoms with van der Waals surface area (Å²) in [5.74, 6) is -0.281. The average molecular weight is 354 g/mol. The van der Waals surface area contributed by atoms with Crippen LogP contribution in [-0.4, -0.2) is 23.2 Å². The number of halogens is 1. The van der Waals surface area contributed by atoms with E-state index in [-0.39, 0.29) is 11.7 Å². The van der Waals surface area contributed by atoms with Crippen LogP contribution in [0.25, 0.3) is 11.5 Å². The second-order valence-electron chi connectivity index (χ2n) is 5.60. The molecule has 1 heterocycles. The van der Waals surface area contributed by atoms with Crippen LogP contribution in [-0.2, 0) is 5.41 Å². The van der Waals surface area contributed by atoms with Crippen molar-refractivity contribution in [1.29, 1.82) is 0 Å². The number of aromatic carboxylic acids is 1. The standard InChI is InChI=1S/C15H16BrNO4/c1-15(2,3)12-11(14(18)19)21-13(17-12)8-5-6-10(20-4)9(16)7-8/h5-7H,1-4H3,(H,18,19). The lowest BCUT2D eigenvalue weighted by Gasteiger charge is -2.14. The maximum atomic E-state index is 11.3. The molecule has 0 unspecified atom stereocenters. The number of benzene rings is 1. The van der Waals surface area contributed by atoms with Gasteiger partial charge in [-0.3, -0.25) is 0 Å². The van der Waals surface area contributed by atoms with Crippen LogP contribution in [0.4, 0.5) is 0 Å². The number of carbonyl (C=O) groups is 1. The van der Waals surface area contributed by atoms with Crippen molar-refractivity contribution in [2.45, 2.75) is 26.2 Å². The van der Waals surface area contributed by atoms with E-state index < -0.39 is 11.4 Å². The van der Waals surface area contributed by atoms with Gasteiger partial charge < -0.3 is 14.3 Å². The van der Waals surface area contributed by atoms with Gasteiger partial charge in [-0.25, -0.2) is 9.78 Å². The zero-order valence-electron chi connectivity index (χ0n) is 12.2. The van der Waals surface area contributed by atoms with Crippen LogP contribution < -0.4 is 4.74 Å². The summed E-state index contributed by atoms with van der Waals surface area (Å²) in [7, 11) is 1.57. The van der Waals surface area contributed by atoms with Crippen molar-refractivity contribution in [2.24, 2.45) is 0 Å². The molecule has 0 spiro atoms. The Balaban J connectivity index is 2.55. The van der Waals surface area contributed by atoms with Gasteiger partial charge >= 0.3 is 5.97 Å². The van der Waals surface area contributed by atoms with Gasteiger partial charge in [0, 0.05) is 11.0 Å². The van der Waals surface area contributed by atoms with Crippen molar-refractivity contribution < 1.29 is 19.1 Å². The maximum absolute atomic E-state index is 11.3. The van der Waals surface area contributed by atoms with Crippen LogP contribution >= 0.6 is 15.9 Å². The molecule has 0 aliphatic heterocycles. The molecule has 0 bridgehead atoms. The van der Waals surface area contributed by atoms with E-state index in [1.807, 2.05) is 20.8 Å². The molecule has 0 radical (unpaired) electrons. The van der Waals surface area contributed by atoms with Crippen LogP contribution in [0.3, 0.4) is 0 Å². The molecule has 6 heteroatoms. The predicted octanol–water partition coefficient (Wildman–Crippen LogP) is 4.11. The minimum absolute atomic E-state index is 0.121. The van der Waals surface area contributed by atoms with Crippen molar-refractivity contribution in [3.05, 3.63) is 34.1 Å². The van der Waals surface area contributed by atoms with E-state index >= 15 is 0 Å². The highest BCUT2D eigenvalue weighted by molar-refractivity contribution is 9.10. The Morgan fingerprint density at radius 3 is 2.48 bits per heavy atom. The molecule has 2 aromatic rings. The summed E-state index contributed by atoms with van der Waals surface area (Å²) in [6, 6.07) is 5.32. The van der Waals surface area contributed by atoms with E-state index in [0.29, 0.717) is 17.0 Å². The number of hydrogen-bond donors (Lipinski definition) is 1. The lowest BCUT2D eigenvalue weighted by molar-refractivity contribution is 0.0659. The van der Waals surface area contributed by atoms with E-state index in [1.54, 1.807) is 25.3 Å². The van der Waals surface area contributed by atoms with Crippen LogP contribution in [0, 0.1) is 0 Å². The smallest absolute Gasteiger partial charge is 0.373 e. The van der Waals surface area contributed by atoms with Gasteiger partial charge in [0.15, 0.2) is 0 Å². The first-order chi connectivity index (χ1) is 9.74. The third kappa shape index (κ3) is 3.10. The van der Waals surface area contributed by atoms with Crippen LogP contribution in [0.15, 0.2) is 27.1 Å². The first kappa shape index (κ1) is 15.6. The lowest BCUT2D eigenvalue weighted by Crippen LogP contribution is -2.16. The molecule has 2 rings (SSSR count). The predicted molar refractivity (Wildman–Crippen MR) is 81.9 cm³/mol. The highest BCUT2D eigenvalue weighted by atomic mass is 79.9. The fourth-order valence-corrected chi connectivity index (χ4v) is 2.44. The summed E-state index contributed by atoms with van der Waals surface area (Å²) >= 11 is 3.39. The monoisotopic (exact) mass is 353 g/mol. The Morgan fingerprint density at radius 1 is 1.38 bits per heavy atom. The zero-order valence-corrected chi connectivity index (χ0v) is 13.8. The first-order valence-corrected chi connectivity index (χ1v) is 7.12. The maximum Gasteiger partial charge on any atom is 0.373 e. The summed E-state index contributed by atoms with van der Waals surface area (Å²) in [6.07, 6.45) is 0. The van der Waals surface area contributed by atoms with Crippen molar-refractivity contribution in [2.75, 3.05) is 7.11 Å². The molecule has 0 saturated carbocycles. The van der Waals surface area contributed by atoms with E-state index in [4.69, 9.17) is 9.15 Å². The first-order valence-electron chi connectivity index (χ1n) is 6.32. The van der Waals surface area contributed by atoms with E-state index in [1.165, 1.54) is 0 Å². The van der Waals surface area contributed by atoms with Crippen LogP contribution in [0.1, 0.15) is 37.0 Å². The number of hydrogen-bond acceptors (Lipinski definition) is 4. The molecule has 21 heavy (non-hydrogen) atoms. The molecule has 0 aliphatic carbocycles. The highest BCUT2D eigenvalue weighted by Gasteiger charge is 2.29. The Kier molecular flexibility index (Phi) is 4.09. The molecule has 0 aliphatic rings. The largest absolute Gasteiger partial charge is 0.496 e. The van der Waals surface area contributed by atoms with Gasteiger partial charge in [0.25, 0.3) is 0 Å². The van der Waals surface area contributed by atoms with Gasteiger partial charge in [-0.05, 0) is 34.1 Å². The number of ether oxygens (including phenoxy) is 1. The van der Waals surface area contributed by atoms with Crippen molar-refractivity contribution in [1.82, 2.24) is 4.98 Å². The third-order valence-electron chi connectivity index (χ3n) is 2.93. The molecule has 0 amide bonds. The van der Waals surface area contributed by atoms with Gasteiger partial charge in [0.05, 0.1) is 11.6 Å². The van der Waals surface area contributed by atoms with Gasteiger partial charge in [-0.15, -0.1) is 0 Å². The third-order valence-corrected chi connectivity index (χ3v) is 3.55. The van der Waals surface area contributed by atoms with Crippen molar-refractivity contribution in [3.63, 3.8) is 0 Å². The van der Waals surface area contributed by atoms with Gasteiger partial charge in [-0.1, -0.05) is 20.8 Å². The van der Waals surface area contributed by atoms with Gasteiger partial charge in [0.1, 0.15) is 11.4 Å². The Morgan fingerprint density at radius 2 is 2.05 bits per heavy atom. The summed E-state index contributed by atoms with van der Waals surface area (Å²) in [5, 5.41) is 9.26. The minimum Gasteiger partial charge on any atom is -0.496 e. The SMILES string of the molecule is COc1ccc(-c2nc(C(C)(C)C)c(C(=O)O)o2)cc1Br. The van der Waals surface area contributed by atoms with Crippen molar-refractivity contribution >= 4 is 21.9 Å². The molecule has 5 nitrogen and oxygen atoms in total. The van der Waals surface area contributed by atoms with Crippen molar-refractivity contribution in [3.8, 4) is 17.2 Å². The van der Waals surface area contributed by atoms with E-state index in [9.17, 15) is 9.90 Å².